The number of anilines is 1. The van der Waals surface area contributed by atoms with Gasteiger partial charge in [-0.25, -0.2) is 19.9 Å². The summed E-state index contributed by atoms with van der Waals surface area (Å²) in [6, 6.07) is 2.69. The third-order valence-corrected chi connectivity index (χ3v) is 5.81. The molecule has 1 amide bonds. The highest BCUT2D eigenvalue weighted by Gasteiger charge is 2.21. The van der Waals surface area contributed by atoms with Gasteiger partial charge in [0, 0.05) is 42.8 Å². The zero-order chi connectivity index (χ0) is 19.2. The van der Waals surface area contributed by atoms with Crippen molar-refractivity contribution in [3.8, 4) is 0 Å². The van der Waals surface area contributed by atoms with Gasteiger partial charge in [-0.3, -0.25) is 4.79 Å². The fourth-order valence-electron chi connectivity index (χ4n) is 3.40. The van der Waals surface area contributed by atoms with E-state index in [1.807, 2.05) is 24.5 Å². The van der Waals surface area contributed by atoms with Crippen LogP contribution in [0.15, 0.2) is 35.9 Å². The molecule has 0 bridgehead atoms. The van der Waals surface area contributed by atoms with Gasteiger partial charge in [-0.15, -0.1) is 0 Å². The Kier molecular flexibility index (Phi) is 6.13. The summed E-state index contributed by atoms with van der Waals surface area (Å²) in [4.78, 5) is 29.3. The number of carbonyl (C=O) groups excluding carboxylic acids is 1. The summed E-state index contributed by atoms with van der Waals surface area (Å²) in [5.74, 6) is 1.21. The van der Waals surface area contributed by atoms with Crippen molar-refractivity contribution in [1.82, 2.24) is 30.6 Å². The molecule has 146 valence electrons. The maximum atomic E-state index is 11.7. The molecule has 1 saturated carbocycles. The second-order valence-electron chi connectivity index (χ2n) is 6.93. The summed E-state index contributed by atoms with van der Waals surface area (Å²) in [7, 11) is 0. The van der Waals surface area contributed by atoms with Gasteiger partial charge in [-0.1, -0.05) is 11.8 Å². The Morgan fingerprint density at radius 1 is 1.18 bits per heavy atom. The second kappa shape index (κ2) is 9.11. The van der Waals surface area contributed by atoms with Crippen molar-refractivity contribution in [2.24, 2.45) is 0 Å². The molecular formula is C19H23N7OS. The highest BCUT2D eigenvalue weighted by atomic mass is 32.2. The summed E-state index contributed by atoms with van der Waals surface area (Å²) in [5.41, 5.74) is 1.86. The summed E-state index contributed by atoms with van der Waals surface area (Å²) >= 11 is 1.49. The molecule has 0 unspecified atom stereocenters. The van der Waals surface area contributed by atoms with Crippen LogP contribution in [0.2, 0.25) is 0 Å². The van der Waals surface area contributed by atoms with Crippen LogP contribution in [0.1, 0.15) is 36.9 Å². The zero-order valence-electron chi connectivity index (χ0n) is 15.5. The molecule has 28 heavy (non-hydrogen) atoms. The largest absolute Gasteiger partial charge is 0.351 e. The van der Waals surface area contributed by atoms with E-state index in [4.69, 9.17) is 0 Å². The fourth-order valence-corrected chi connectivity index (χ4v) is 4.17. The predicted octanol–water partition coefficient (Wildman–Crippen LogP) is 1.94. The molecular weight excluding hydrogens is 374 g/mol. The van der Waals surface area contributed by atoms with Crippen molar-refractivity contribution in [3.63, 3.8) is 0 Å². The number of nitrogens with zero attached hydrogens (tertiary/aromatic N) is 4. The minimum atomic E-state index is -0.0361. The Hall–Kier alpha value is -2.52. The van der Waals surface area contributed by atoms with Crippen LogP contribution in [-0.4, -0.2) is 43.8 Å². The number of rotatable bonds is 6. The number of thioether (sulfide) groups is 1. The molecule has 1 saturated heterocycles. The van der Waals surface area contributed by atoms with Gasteiger partial charge in [0.1, 0.15) is 6.33 Å². The molecule has 0 atom stereocenters. The quantitative estimate of drug-likeness (QED) is 0.635. The van der Waals surface area contributed by atoms with E-state index in [9.17, 15) is 4.79 Å². The maximum Gasteiger partial charge on any atom is 0.258 e. The van der Waals surface area contributed by atoms with E-state index in [-0.39, 0.29) is 5.91 Å². The standard InChI is InChI=1S/C19H23N7OS/c27-18-17(28-12-24-18)7-16-5-6-22-19(26-16)25-15-3-1-14(2-4-15)23-10-13-8-20-11-21-9-13/h5-9,11,14-15,23H,1-4,10,12H2,(H,24,27)(H,22,25,26)/b17-7-/t14-,15-. The lowest BCUT2D eigenvalue weighted by molar-refractivity contribution is -0.116. The van der Waals surface area contributed by atoms with Crippen LogP contribution >= 0.6 is 11.8 Å². The molecule has 2 fully saturated rings. The topological polar surface area (TPSA) is 105 Å². The number of aromatic nitrogens is 4. The number of nitrogens with one attached hydrogen (secondary N) is 3. The summed E-state index contributed by atoms with van der Waals surface area (Å²) < 4.78 is 0. The zero-order valence-corrected chi connectivity index (χ0v) is 16.3. The molecule has 0 aromatic carbocycles. The van der Waals surface area contributed by atoms with Crippen LogP contribution in [0.5, 0.6) is 0 Å². The summed E-state index contributed by atoms with van der Waals surface area (Å²) in [5, 5.41) is 9.81. The van der Waals surface area contributed by atoms with Gasteiger partial charge in [0.05, 0.1) is 16.5 Å². The van der Waals surface area contributed by atoms with Crippen molar-refractivity contribution in [2.75, 3.05) is 11.2 Å². The van der Waals surface area contributed by atoms with Gasteiger partial charge in [0.2, 0.25) is 5.95 Å². The Morgan fingerprint density at radius 3 is 2.71 bits per heavy atom. The first-order chi connectivity index (χ1) is 13.8. The van der Waals surface area contributed by atoms with Crippen LogP contribution in [-0.2, 0) is 11.3 Å². The molecule has 0 radical (unpaired) electrons. The van der Waals surface area contributed by atoms with E-state index in [2.05, 4.69) is 35.9 Å². The molecule has 2 aromatic rings. The molecule has 2 aromatic heterocycles. The van der Waals surface area contributed by atoms with E-state index in [0.717, 1.165) is 43.5 Å². The summed E-state index contributed by atoms with van der Waals surface area (Å²) in [6.07, 6.45) is 13.1. The number of carbonyl (C=O) groups is 1. The molecule has 4 rings (SSSR count). The summed E-state index contributed by atoms with van der Waals surface area (Å²) in [6.45, 7) is 0.801. The van der Waals surface area contributed by atoms with Crippen molar-refractivity contribution >= 4 is 29.7 Å². The first-order valence-electron chi connectivity index (χ1n) is 9.46. The average molecular weight is 398 g/mol. The Labute approximate surface area is 168 Å². The lowest BCUT2D eigenvalue weighted by atomic mass is 9.91. The van der Waals surface area contributed by atoms with Crippen molar-refractivity contribution in [1.29, 1.82) is 0 Å². The fraction of sp³-hybridized carbons (Fsp3) is 0.421. The van der Waals surface area contributed by atoms with E-state index in [1.54, 1.807) is 12.5 Å². The molecule has 0 spiro atoms. The van der Waals surface area contributed by atoms with Crippen LogP contribution in [0.4, 0.5) is 5.95 Å². The number of amides is 1. The third-order valence-electron chi connectivity index (χ3n) is 4.91. The van der Waals surface area contributed by atoms with Gasteiger partial charge < -0.3 is 16.0 Å². The third kappa shape index (κ3) is 5.05. The minimum Gasteiger partial charge on any atom is -0.351 e. The van der Waals surface area contributed by atoms with E-state index in [1.165, 1.54) is 11.8 Å². The molecule has 2 aliphatic rings. The first kappa shape index (κ1) is 18.8. The Morgan fingerprint density at radius 2 is 1.96 bits per heavy atom. The number of hydrogen-bond donors (Lipinski definition) is 3. The monoisotopic (exact) mass is 397 g/mol. The van der Waals surface area contributed by atoms with Gasteiger partial charge >= 0.3 is 0 Å². The lowest BCUT2D eigenvalue weighted by Crippen LogP contribution is -2.36. The van der Waals surface area contributed by atoms with Crippen LogP contribution in [0.25, 0.3) is 6.08 Å². The van der Waals surface area contributed by atoms with Crippen molar-refractivity contribution < 1.29 is 4.79 Å². The van der Waals surface area contributed by atoms with Gasteiger partial charge in [0.15, 0.2) is 0 Å². The smallest absolute Gasteiger partial charge is 0.258 e. The Bertz CT molecular complexity index is 837. The molecule has 9 heteroatoms. The second-order valence-corrected chi connectivity index (χ2v) is 7.95. The van der Waals surface area contributed by atoms with Gasteiger partial charge in [-0.2, -0.15) is 0 Å². The molecule has 1 aliphatic heterocycles. The maximum absolute atomic E-state index is 11.7. The first-order valence-corrected chi connectivity index (χ1v) is 10.4. The van der Waals surface area contributed by atoms with Crippen molar-refractivity contribution in [2.45, 2.75) is 44.3 Å². The van der Waals surface area contributed by atoms with Crippen molar-refractivity contribution in [3.05, 3.63) is 47.1 Å². The van der Waals surface area contributed by atoms with Crippen LogP contribution in [0, 0.1) is 0 Å². The molecule has 3 heterocycles. The van der Waals surface area contributed by atoms with E-state index in [0.29, 0.717) is 28.8 Å². The molecule has 8 nitrogen and oxygen atoms in total. The highest BCUT2D eigenvalue weighted by Crippen LogP contribution is 2.24. The van der Waals surface area contributed by atoms with Gasteiger partial charge in [0.25, 0.3) is 5.91 Å². The number of hydrogen-bond acceptors (Lipinski definition) is 8. The molecule has 3 N–H and O–H groups in total. The minimum absolute atomic E-state index is 0.0361. The van der Waals surface area contributed by atoms with E-state index < -0.39 is 0 Å². The Balaban J connectivity index is 1.27. The van der Waals surface area contributed by atoms with Crippen LogP contribution in [0.3, 0.4) is 0 Å². The average Bonchev–Trinajstić information content (AvgIpc) is 3.13. The normalized spacial score (nSPS) is 23.6. The predicted molar refractivity (Wildman–Crippen MR) is 109 cm³/mol. The highest BCUT2D eigenvalue weighted by molar-refractivity contribution is 8.04. The lowest BCUT2D eigenvalue weighted by Gasteiger charge is -2.29. The van der Waals surface area contributed by atoms with E-state index >= 15 is 0 Å². The SMILES string of the molecule is O=C1NCS/C1=C\c1ccnc(N[C@H]2CC[C@H](NCc3cncnc3)CC2)n1. The van der Waals surface area contributed by atoms with Gasteiger partial charge in [-0.05, 0) is 37.8 Å². The molecule has 1 aliphatic carbocycles. The van der Waals surface area contributed by atoms with Crippen LogP contribution < -0.4 is 16.0 Å².